The van der Waals surface area contributed by atoms with Gasteiger partial charge in [-0.1, -0.05) is 0 Å². The van der Waals surface area contributed by atoms with Gasteiger partial charge in [-0.05, 0) is 61.2 Å². The number of rotatable bonds is 3. The van der Waals surface area contributed by atoms with E-state index in [9.17, 15) is 18.4 Å². The summed E-state index contributed by atoms with van der Waals surface area (Å²) < 4.78 is 27.5. The van der Waals surface area contributed by atoms with Crippen molar-refractivity contribution in [1.82, 2.24) is 5.32 Å². The first-order valence-electron chi connectivity index (χ1n) is 7.75. The number of carbonyl (C=O) groups excluding carboxylic acids is 1. The van der Waals surface area contributed by atoms with Gasteiger partial charge in [0.15, 0.2) is 0 Å². The summed E-state index contributed by atoms with van der Waals surface area (Å²) in [6.07, 6.45) is -0.462. The summed E-state index contributed by atoms with van der Waals surface area (Å²) in [5.74, 6) is -1.36. The number of hydrogen-bond donors (Lipinski definition) is 3. The molecule has 1 aliphatic carbocycles. The van der Waals surface area contributed by atoms with Gasteiger partial charge in [-0.3, -0.25) is 4.79 Å². The first kappa shape index (κ1) is 16.9. The predicted molar refractivity (Wildman–Crippen MR) is 87.7 cm³/mol. The van der Waals surface area contributed by atoms with E-state index >= 15 is 0 Å². The van der Waals surface area contributed by atoms with Gasteiger partial charge in [0, 0.05) is 16.8 Å². The Hall–Kier alpha value is -2.96. The van der Waals surface area contributed by atoms with E-state index in [0.29, 0.717) is 29.7 Å². The molecular formula is C18H16F2N2O3. The molecule has 3 rings (SSSR count). The van der Waals surface area contributed by atoms with Gasteiger partial charge >= 0.3 is 6.09 Å². The van der Waals surface area contributed by atoms with Crippen molar-refractivity contribution in [1.29, 1.82) is 0 Å². The minimum Gasteiger partial charge on any atom is -0.465 e. The highest BCUT2D eigenvalue weighted by molar-refractivity contribution is 6.05. The Bertz CT molecular complexity index is 868. The van der Waals surface area contributed by atoms with Crippen LogP contribution >= 0.6 is 0 Å². The summed E-state index contributed by atoms with van der Waals surface area (Å²) in [5, 5.41) is 13.8. The summed E-state index contributed by atoms with van der Waals surface area (Å²) in [6.45, 7) is 1.59. The largest absolute Gasteiger partial charge is 0.465 e. The third-order valence-corrected chi connectivity index (χ3v) is 4.29. The van der Waals surface area contributed by atoms with Crippen LogP contribution in [0.5, 0.6) is 0 Å². The zero-order valence-corrected chi connectivity index (χ0v) is 13.4. The van der Waals surface area contributed by atoms with Gasteiger partial charge in [0.25, 0.3) is 5.91 Å². The molecule has 0 fully saturated rings. The average molecular weight is 346 g/mol. The fourth-order valence-corrected chi connectivity index (χ4v) is 3.14. The van der Waals surface area contributed by atoms with Gasteiger partial charge in [-0.2, -0.15) is 0 Å². The fraction of sp³-hybridized carbons (Fsp3) is 0.222. The van der Waals surface area contributed by atoms with E-state index in [1.807, 2.05) is 0 Å². The van der Waals surface area contributed by atoms with Gasteiger partial charge in [-0.15, -0.1) is 0 Å². The minimum absolute atomic E-state index is 0.213. The van der Waals surface area contributed by atoms with E-state index in [2.05, 4.69) is 10.6 Å². The molecule has 0 bridgehead atoms. The molecule has 130 valence electrons. The molecule has 0 spiro atoms. The lowest BCUT2D eigenvalue weighted by Crippen LogP contribution is -2.25. The average Bonchev–Trinajstić information content (AvgIpc) is 2.95. The van der Waals surface area contributed by atoms with E-state index < -0.39 is 23.9 Å². The number of carbonyl (C=O) groups is 2. The number of hydrogen-bond acceptors (Lipinski definition) is 2. The van der Waals surface area contributed by atoms with Crippen LogP contribution in [0.3, 0.4) is 0 Å². The highest BCUT2D eigenvalue weighted by Gasteiger charge is 2.31. The van der Waals surface area contributed by atoms with Gasteiger partial charge in [-0.25, -0.2) is 13.6 Å². The van der Waals surface area contributed by atoms with Crippen LogP contribution in [0.1, 0.15) is 39.5 Å². The number of fused-ring (bicyclic) bond motifs is 1. The number of anilines is 1. The zero-order chi connectivity index (χ0) is 18.1. The van der Waals surface area contributed by atoms with E-state index in [0.717, 1.165) is 6.07 Å². The van der Waals surface area contributed by atoms with Crippen LogP contribution in [0.4, 0.5) is 19.3 Å². The van der Waals surface area contributed by atoms with Crippen LogP contribution in [0.2, 0.25) is 0 Å². The van der Waals surface area contributed by atoms with Gasteiger partial charge in [0.05, 0.1) is 6.04 Å². The molecule has 25 heavy (non-hydrogen) atoms. The minimum atomic E-state index is -1.24. The SMILES string of the molecule is Cc1cc(NC(=O)c2ccc(F)c3c2CC[C@@H]3NC(=O)O)ccc1F. The lowest BCUT2D eigenvalue weighted by atomic mass is 10.0. The molecule has 2 amide bonds. The summed E-state index contributed by atoms with van der Waals surface area (Å²) >= 11 is 0. The maximum atomic E-state index is 14.2. The first-order valence-corrected chi connectivity index (χ1v) is 7.75. The Morgan fingerprint density at radius 2 is 1.88 bits per heavy atom. The van der Waals surface area contributed by atoms with Crippen molar-refractivity contribution in [3.05, 3.63) is 64.2 Å². The molecule has 0 unspecified atom stereocenters. The maximum absolute atomic E-state index is 14.2. The number of amides is 2. The second-order valence-electron chi connectivity index (χ2n) is 5.95. The number of carboxylic acid groups (broad SMARTS) is 1. The van der Waals surface area contributed by atoms with Crippen molar-refractivity contribution in [2.45, 2.75) is 25.8 Å². The first-order chi connectivity index (χ1) is 11.9. The van der Waals surface area contributed by atoms with Crippen molar-refractivity contribution < 1.29 is 23.5 Å². The Morgan fingerprint density at radius 3 is 2.56 bits per heavy atom. The third-order valence-electron chi connectivity index (χ3n) is 4.29. The molecule has 0 saturated heterocycles. The molecule has 7 heteroatoms. The molecule has 2 aromatic rings. The van der Waals surface area contributed by atoms with Crippen LogP contribution in [0.15, 0.2) is 30.3 Å². The number of halogens is 2. The van der Waals surface area contributed by atoms with Gasteiger partial charge in [0.2, 0.25) is 0 Å². The number of aryl methyl sites for hydroxylation is 1. The highest BCUT2D eigenvalue weighted by Crippen LogP contribution is 2.35. The highest BCUT2D eigenvalue weighted by atomic mass is 19.1. The van der Waals surface area contributed by atoms with Crippen molar-refractivity contribution in [3.63, 3.8) is 0 Å². The van der Waals surface area contributed by atoms with E-state index in [-0.39, 0.29) is 16.9 Å². The van der Waals surface area contributed by atoms with Crippen molar-refractivity contribution in [2.24, 2.45) is 0 Å². The van der Waals surface area contributed by atoms with Crippen molar-refractivity contribution in [3.8, 4) is 0 Å². The number of nitrogens with one attached hydrogen (secondary N) is 2. The van der Waals surface area contributed by atoms with Crippen LogP contribution < -0.4 is 10.6 Å². The molecule has 0 radical (unpaired) electrons. The third kappa shape index (κ3) is 3.31. The van der Waals surface area contributed by atoms with Crippen LogP contribution in [-0.4, -0.2) is 17.1 Å². The molecule has 3 N–H and O–H groups in total. The standard InChI is InChI=1S/C18H16F2N2O3/c1-9-8-10(2-5-13(9)19)21-17(23)12-3-6-14(20)16-11(12)4-7-15(16)22-18(24)25/h2-3,5-6,8,15,22H,4,7H2,1H3,(H,21,23)(H,24,25)/t15-/m0/s1. The summed E-state index contributed by atoms with van der Waals surface area (Å²) in [5.41, 5.74) is 1.82. The Kier molecular flexibility index (Phi) is 4.39. The molecular weight excluding hydrogens is 330 g/mol. The Labute approximate surface area is 142 Å². The molecule has 0 heterocycles. The van der Waals surface area contributed by atoms with Crippen LogP contribution in [-0.2, 0) is 6.42 Å². The van der Waals surface area contributed by atoms with Crippen molar-refractivity contribution >= 4 is 17.7 Å². The Morgan fingerprint density at radius 1 is 1.16 bits per heavy atom. The van der Waals surface area contributed by atoms with Crippen LogP contribution in [0, 0.1) is 18.6 Å². The molecule has 2 aromatic carbocycles. The van der Waals surface area contributed by atoms with E-state index in [1.54, 1.807) is 6.92 Å². The van der Waals surface area contributed by atoms with Gasteiger partial charge < -0.3 is 15.7 Å². The van der Waals surface area contributed by atoms with E-state index in [4.69, 9.17) is 5.11 Å². The topological polar surface area (TPSA) is 78.4 Å². The molecule has 5 nitrogen and oxygen atoms in total. The molecule has 0 saturated carbocycles. The maximum Gasteiger partial charge on any atom is 0.405 e. The smallest absolute Gasteiger partial charge is 0.405 e. The normalized spacial score (nSPS) is 15.6. The molecule has 0 aromatic heterocycles. The summed E-state index contributed by atoms with van der Waals surface area (Å²) in [6, 6.07) is 6.07. The second-order valence-corrected chi connectivity index (χ2v) is 5.95. The van der Waals surface area contributed by atoms with Crippen molar-refractivity contribution in [2.75, 3.05) is 5.32 Å². The second kappa shape index (κ2) is 6.51. The Balaban J connectivity index is 1.90. The quantitative estimate of drug-likeness (QED) is 0.791. The summed E-state index contributed by atoms with van der Waals surface area (Å²) in [4.78, 5) is 23.4. The monoisotopic (exact) mass is 346 g/mol. The fourth-order valence-electron chi connectivity index (χ4n) is 3.14. The number of benzene rings is 2. The van der Waals surface area contributed by atoms with Crippen LogP contribution in [0.25, 0.3) is 0 Å². The lowest BCUT2D eigenvalue weighted by molar-refractivity contribution is 0.102. The lowest BCUT2D eigenvalue weighted by Gasteiger charge is -2.14. The molecule has 1 aliphatic rings. The molecule has 1 atom stereocenters. The summed E-state index contributed by atoms with van der Waals surface area (Å²) in [7, 11) is 0. The van der Waals surface area contributed by atoms with E-state index in [1.165, 1.54) is 24.3 Å². The van der Waals surface area contributed by atoms with Gasteiger partial charge in [0.1, 0.15) is 11.6 Å². The predicted octanol–water partition coefficient (Wildman–Crippen LogP) is 3.78. The zero-order valence-electron chi connectivity index (χ0n) is 13.4. The molecule has 0 aliphatic heterocycles.